The van der Waals surface area contributed by atoms with E-state index >= 15 is 0 Å². The van der Waals surface area contributed by atoms with Crippen molar-refractivity contribution in [1.82, 2.24) is 0 Å². The van der Waals surface area contributed by atoms with Gasteiger partial charge in [-0.2, -0.15) is 83.4 Å². The molecule has 0 saturated carbocycles. The molecule has 0 aromatic rings. The highest BCUT2D eigenvalue weighted by molar-refractivity contribution is 6.55. The second-order valence-electron chi connectivity index (χ2n) is 7.89. The lowest BCUT2D eigenvalue weighted by atomic mass is 9.87. The third-order valence-electron chi connectivity index (χ3n) is 5.12. The van der Waals surface area contributed by atoms with Crippen molar-refractivity contribution in [1.29, 1.82) is 0 Å². The van der Waals surface area contributed by atoms with Gasteiger partial charge in [0, 0.05) is 13.2 Å². The van der Waals surface area contributed by atoms with Gasteiger partial charge in [-0.05, 0) is 19.4 Å². The zero-order chi connectivity index (χ0) is 32.8. The SMILES string of the molecule is CCO.FC(F)(F)C(F)(F)C(F)(F)C(F)(F)C(F)(F)C(F)(F)C(F)(F)C(F)(F)C(F)(F)C(F)(F)[SiH]1CCCCO1. The molecule has 1 saturated heterocycles. The van der Waals surface area contributed by atoms with Gasteiger partial charge < -0.3 is 9.53 Å². The number of aliphatic hydroxyl groups is 1. The predicted octanol–water partition coefficient (Wildman–Crippen LogP) is 7.34. The van der Waals surface area contributed by atoms with E-state index in [0.717, 1.165) is 0 Å². The molecule has 0 aliphatic carbocycles. The third kappa shape index (κ3) is 5.32. The van der Waals surface area contributed by atoms with Crippen molar-refractivity contribution in [3.05, 3.63) is 0 Å². The Morgan fingerprint density at radius 2 is 0.775 bits per heavy atom. The molecular formula is C16H15F21O2Si. The summed E-state index contributed by atoms with van der Waals surface area (Å²) in [5, 5.41) is 7.57. The fourth-order valence-corrected chi connectivity index (χ4v) is 5.23. The molecule has 0 spiro atoms. The molecule has 1 heterocycles. The summed E-state index contributed by atoms with van der Waals surface area (Å²) in [4.78, 5) is 0. The van der Waals surface area contributed by atoms with Crippen LogP contribution in [-0.2, 0) is 4.43 Å². The minimum absolute atomic E-state index is 0.187. The van der Waals surface area contributed by atoms with Crippen LogP contribution in [0, 0.1) is 0 Å². The molecule has 0 amide bonds. The van der Waals surface area contributed by atoms with Crippen LogP contribution in [0.3, 0.4) is 0 Å². The van der Waals surface area contributed by atoms with E-state index in [4.69, 9.17) is 5.11 Å². The first-order valence-corrected chi connectivity index (χ1v) is 11.8. The van der Waals surface area contributed by atoms with Gasteiger partial charge in [-0.25, -0.2) is 8.78 Å². The van der Waals surface area contributed by atoms with E-state index in [1.807, 2.05) is 0 Å². The standard InChI is InChI=1S/C14H9F21OSi.C2H6O/c15-5(16,7(19,20)9(23,24)11(27,28)13(31,32)33)6(17,18)8(21,22)10(25,26)12(29,30)14(34,35)37-4-2-1-3-36-37;1-2-3/h37H,1-4H2;3H,2H2,1H3. The van der Waals surface area contributed by atoms with Crippen LogP contribution in [0.4, 0.5) is 92.2 Å². The van der Waals surface area contributed by atoms with E-state index in [1.54, 1.807) is 6.92 Å². The minimum Gasteiger partial charge on any atom is -0.413 e. The average molecular weight is 666 g/mol. The molecule has 40 heavy (non-hydrogen) atoms. The zero-order valence-electron chi connectivity index (χ0n) is 18.9. The zero-order valence-corrected chi connectivity index (χ0v) is 20.1. The molecule has 0 aromatic carbocycles. The van der Waals surface area contributed by atoms with Crippen molar-refractivity contribution in [3.8, 4) is 0 Å². The van der Waals surface area contributed by atoms with E-state index < -0.39 is 87.2 Å². The van der Waals surface area contributed by atoms with Crippen molar-refractivity contribution >= 4 is 9.04 Å². The van der Waals surface area contributed by atoms with Crippen LogP contribution in [0.25, 0.3) is 0 Å². The Bertz CT molecular complexity index is 846. The minimum atomic E-state index is -9.14. The molecule has 0 bridgehead atoms. The molecule has 242 valence electrons. The van der Waals surface area contributed by atoms with Gasteiger partial charge >= 0.3 is 59.1 Å². The lowest BCUT2D eigenvalue weighted by Gasteiger charge is -2.45. The number of halogens is 21. The second kappa shape index (κ2) is 11.1. The summed E-state index contributed by atoms with van der Waals surface area (Å²) < 4.78 is 283. The molecule has 1 aliphatic heterocycles. The van der Waals surface area contributed by atoms with Crippen LogP contribution in [0.1, 0.15) is 19.8 Å². The molecule has 0 radical (unpaired) electrons. The van der Waals surface area contributed by atoms with Gasteiger partial charge in [0.05, 0.1) is 0 Å². The molecule has 1 unspecified atom stereocenters. The summed E-state index contributed by atoms with van der Waals surface area (Å²) in [6.45, 7) is 1.05. The Hall–Kier alpha value is -1.33. The van der Waals surface area contributed by atoms with E-state index in [0.29, 0.717) is 0 Å². The maximum absolute atomic E-state index is 14.0. The van der Waals surface area contributed by atoms with Crippen molar-refractivity contribution in [3.63, 3.8) is 0 Å². The van der Waals surface area contributed by atoms with Crippen LogP contribution in [0.2, 0.25) is 6.04 Å². The van der Waals surface area contributed by atoms with E-state index in [1.165, 1.54) is 0 Å². The Balaban J connectivity index is 0.00000483. The first-order chi connectivity index (χ1) is 17.3. The molecule has 1 aliphatic rings. The second-order valence-corrected chi connectivity index (χ2v) is 10.5. The quantitative estimate of drug-likeness (QED) is 0.206. The normalized spacial score (nSPS) is 19.7. The van der Waals surface area contributed by atoms with Crippen LogP contribution >= 0.6 is 0 Å². The molecule has 0 aromatic heterocycles. The molecule has 2 nitrogen and oxygen atoms in total. The van der Waals surface area contributed by atoms with E-state index in [2.05, 4.69) is 4.43 Å². The van der Waals surface area contributed by atoms with Crippen molar-refractivity contribution < 1.29 is 102 Å². The number of rotatable bonds is 9. The van der Waals surface area contributed by atoms with Gasteiger partial charge in [0.25, 0.3) is 9.04 Å². The monoisotopic (exact) mass is 666 g/mol. The Labute approximate surface area is 210 Å². The van der Waals surface area contributed by atoms with Crippen molar-refractivity contribution in [2.24, 2.45) is 0 Å². The summed E-state index contributed by atoms with van der Waals surface area (Å²) in [7, 11) is -5.15. The molecule has 1 atom stereocenters. The van der Waals surface area contributed by atoms with Crippen LogP contribution in [0.15, 0.2) is 0 Å². The lowest BCUT2D eigenvalue weighted by Crippen LogP contribution is -2.77. The summed E-state index contributed by atoms with van der Waals surface area (Å²) in [6, 6.07) is -1.23. The highest BCUT2D eigenvalue weighted by atomic mass is 28.3. The van der Waals surface area contributed by atoms with Gasteiger partial charge in [-0.15, -0.1) is 0 Å². The third-order valence-corrected chi connectivity index (χ3v) is 7.86. The highest BCUT2D eigenvalue weighted by Gasteiger charge is 2.98. The van der Waals surface area contributed by atoms with Crippen LogP contribution < -0.4 is 0 Å². The first kappa shape index (κ1) is 38.7. The summed E-state index contributed by atoms with van der Waals surface area (Å²) in [6.07, 6.45) is -8.68. The predicted molar refractivity (Wildman–Crippen MR) is 90.5 cm³/mol. The highest BCUT2D eigenvalue weighted by Crippen LogP contribution is 2.66. The van der Waals surface area contributed by atoms with Gasteiger partial charge in [0.1, 0.15) is 0 Å². The Morgan fingerprint density at radius 1 is 0.500 bits per heavy atom. The van der Waals surface area contributed by atoms with Crippen molar-refractivity contribution in [2.75, 3.05) is 13.2 Å². The molecule has 1 N–H and O–H groups in total. The topological polar surface area (TPSA) is 29.5 Å². The number of hydrogen-bond donors (Lipinski definition) is 1. The van der Waals surface area contributed by atoms with Gasteiger partial charge in [-0.3, -0.25) is 0 Å². The van der Waals surface area contributed by atoms with Crippen LogP contribution in [0.5, 0.6) is 0 Å². The van der Waals surface area contributed by atoms with Crippen molar-refractivity contribution in [2.45, 2.75) is 84.9 Å². The summed E-state index contributed by atoms with van der Waals surface area (Å²) >= 11 is 0. The number of aliphatic hydroxyl groups excluding tert-OH is 1. The van der Waals surface area contributed by atoms with E-state index in [9.17, 15) is 92.2 Å². The summed E-state index contributed by atoms with van der Waals surface area (Å²) in [5.41, 5.74) is -6.54. The molecule has 24 heteroatoms. The molecular weight excluding hydrogens is 651 g/mol. The number of hydrogen-bond acceptors (Lipinski definition) is 2. The smallest absolute Gasteiger partial charge is 0.413 e. The fourth-order valence-electron chi connectivity index (χ4n) is 2.80. The maximum Gasteiger partial charge on any atom is 0.460 e. The summed E-state index contributed by atoms with van der Waals surface area (Å²) in [5.74, 6) is -69.9. The van der Waals surface area contributed by atoms with E-state index in [-0.39, 0.29) is 13.0 Å². The lowest BCUT2D eigenvalue weighted by molar-refractivity contribution is -0.472. The molecule has 1 fully saturated rings. The Morgan fingerprint density at radius 3 is 1.02 bits per heavy atom. The molecule has 1 rings (SSSR count). The van der Waals surface area contributed by atoms with Gasteiger partial charge in [0.15, 0.2) is 0 Å². The Kier molecular flexibility index (Phi) is 10.7. The fraction of sp³-hybridized carbons (Fsp3) is 1.00. The largest absolute Gasteiger partial charge is 0.460 e. The average Bonchev–Trinajstić information content (AvgIpc) is 2.78. The van der Waals surface area contributed by atoms with Gasteiger partial charge in [0.2, 0.25) is 0 Å². The first-order valence-electron chi connectivity index (χ1n) is 9.96. The maximum atomic E-state index is 14.0. The van der Waals surface area contributed by atoms with Gasteiger partial charge in [-0.1, -0.05) is 6.42 Å². The van der Waals surface area contributed by atoms with Crippen LogP contribution in [-0.4, -0.2) is 86.5 Å². The number of alkyl halides is 21.